The number of hydrogen-bond donors (Lipinski definition) is 0. The van der Waals surface area contributed by atoms with Crippen molar-refractivity contribution in [1.29, 1.82) is 0 Å². The van der Waals surface area contributed by atoms with Crippen molar-refractivity contribution < 1.29 is 18.7 Å². The second-order valence-corrected chi connectivity index (χ2v) is 6.49. The van der Waals surface area contributed by atoms with Crippen LogP contribution in [0.25, 0.3) is 0 Å². The van der Waals surface area contributed by atoms with Gasteiger partial charge >= 0.3 is 5.97 Å². The van der Waals surface area contributed by atoms with Crippen LogP contribution in [0.15, 0.2) is 44.5 Å². The summed E-state index contributed by atoms with van der Waals surface area (Å²) in [7, 11) is 0. The van der Waals surface area contributed by atoms with Gasteiger partial charge in [-0.05, 0) is 34.3 Å². The van der Waals surface area contributed by atoms with E-state index in [4.69, 9.17) is 13.9 Å². The standard InChI is InChI=1S/C17H18BrNO5/c1-11(2)3-4-22-16-10-23-14(6-15(16)20)9-24-17(21)12-5-13(18)8-19-7-12/h5-8,10-11H,3-4,9H2,1-2H3. The van der Waals surface area contributed by atoms with Crippen molar-refractivity contribution in [3.05, 3.63) is 56.8 Å². The van der Waals surface area contributed by atoms with Crippen LogP contribution in [0.4, 0.5) is 0 Å². The summed E-state index contributed by atoms with van der Waals surface area (Å²) in [5, 5.41) is 0. The second kappa shape index (κ2) is 8.63. The maximum atomic E-state index is 11.9. The average Bonchev–Trinajstić information content (AvgIpc) is 2.54. The van der Waals surface area contributed by atoms with Gasteiger partial charge in [0.15, 0.2) is 0 Å². The van der Waals surface area contributed by atoms with Crippen LogP contribution in [0.2, 0.25) is 0 Å². The number of nitrogens with zero attached hydrogens (tertiary/aromatic N) is 1. The fourth-order valence-corrected chi connectivity index (χ4v) is 2.13. The predicted molar refractivity (Wildman–Crippen MR) is 91.0 cm³/mol. The highest BCUT2D eigenvalue weighted by Crippen LogP contribution is 2.12. The highest BCUT2D eigenvalue weighted by molar-refractivity contribution is 9.10. The molecule has 0 amide bonds. The number of ether oxygens (including phenoxy) is 2. The van der Waals surface area contributed by atoms with Gasteiger partial charge in [-0.15, -0.1) is 0 Å². The van der Waals surface area contributed by atoms with E-state index in [-0.39, 0.29) is 23.5 Å². The van der Waals surface area contributed by atoms with E-state index in [2.05, 4.69) is 34.8 Å². The van der Waals surface area contributed by atoms with E-state index in [1.54, 1.807) is 12.3 Å². The molecular weight excluding hydrogens is 378 g/mol. The van der Waals surface area contributed by atoms with Gasteiger partial charge < -0.3 is 13.9 Å². The molecule has 0 N–H and O–H groups in total. The molecule has 0 unspecified atom stereocenters. The Bertz CT molecular complexity index is 757. The van der Waals surface area contributed by atoms with Crippen LogP contribution in [0, 0.1) is 5.92 Å². The molecular formula is C17H18BrNO5. The molecule has 2 rings (SSSR count). The summed E-state index contributed by atoms with van der Waals surface area (Å²) < 4.78 is 16.4. The van der Waals surface area contributed by atoms with Crippen molar-refractivity contribution in [2.75, 3.05) is 6.61 Å². The zero-order valence-electron chi connectivity index (χ0n) is 13.5. The van der Waals surface area contributed by atoms with Gasteiger partial charge in [0.25, 0.3) is 0 Å². The van der Waals surface area contributed by atoms with Crippen molar-refractivity contribution in [3.63, 3.8) is 0 Å². The summed E-state index contributed by atoms with van der Waals surface area (Å²) in [5.74, 6) is 0.335. The molecule has 24 heavy (non-hydrogen) atoms. The van der Waals surface area contributed by atoms with E-state index in [9.17, 15) is 9.59 Å². The van der Waals surface area contributed by atoms with Gasteiger partial charge in [-0.25, -0.2) is 4.79 Å². The van der Waals surface area contributed by atoms with E-state index in [0.717, 1.165) is 6.42 Å². The van der Waals surface area contributed by atoms with Crippen LogP contribution in [0.1, 0.15) is 36.4 Å². The number of hydrogen-bond acceptors (Lipinski definition) is 6. The molecule has 128 valence electrons. The molecule has 2 aromatic heterocycles. The summed E-state index contributed by atoms with van der Waals surface area (Å²) in [4.78, 5) is 27.7. The second-order valence-electron chi connectivity index (χ2n) is 5.57. The highest BCUT2D eigenvalue weighted by Gasteiger charge is 2.11. The fourth-order valence-electron chi connectivity index (χ4n) is 1.77. The molecule has 0 radical (unpaired) electrons. The quantitative estimate of drug-likeness (QED) is 0.666. The molecule has 0 aliphatic heterocycles. The smallest absolute Gasteiger partial charge is 0.340 e. The lowest BCUT2D eigenvalue weighted by molar-refractivity contribution is 0.0442. The highest BCUT2D eigenvalue weighted by atomic mass is 79.9. The molecule has 2 heterocycles. The third-order valence-corrected chi connectivity index (χ3v) is 3.52. The number of carbonyl (C=O) groups excluding carboxylic acids is 1. The molecule has 0 spiro atoms. The van der Waals surface area contributed by atoms with E-state index < -0.39 is 5.97 Å². The Morgan fingerprint density at radius 2 is 2.12 bits per heavy atom. The first kappa shape index (κ1) is 18.2. The van der Waals surface area contributed by atoms with Crippen LogP contribution in [-0.2, 0) is 11.3 Å². The molecule has 0 fully saturated rings. The molecule has 0 aliphatic rings. The molecule has 2 aromatic rings. The van der Waals surface area contributed by atoms with E-state index in [0.29, 0.717) is 22.6 Å². The van der Waals surface area contributed by atoms with E-state index in [1.807, 2.05) is 0 Å². The lowest BCUT2D eigenvalue weighted by Gasteiger charge is -2.08. The Hall–Kier alpha value is -2.15. The van der Waals surface area contributed by atoms with Gasteiger partial charge in [0, 0.05) is 22.9 Å². The summed E-state index contributed by atoms with van der Waals surface area (Å²) in [6, 6.07) is 2.86. The minimum Gasteiger partial charge on any atom is -0.487 e. The number of aromatic nitrogens is 1. The van der Waals surface area contributed by atoms with Crippen molar-refractivity contribution in [2.24, 2.45) is 5.92 Å². The van der Waals surface area contributed by atoms with Crippen molar-refractivity contribution in [1.82, 2.24) is 4.98 Å². The van der Waals surface area contributed by atoms with E-state index in [1.165, 1.54) is 18.5 Å². The normalized spacial score (nSPS) is 10.7. The summed E-state index contributed by atoms with van der Waals surface area (Å²) in [6.07, 6.45) is 5.05. The molecule has 7 heteroatoms. The predicted octanol–water partition coefficient (Wildman–Crippen LogP) is 3.58. The van der Waals surface area contributed by atoms with Gasteiger partial charge in [-0.1, -0.05) is 13.8 Å². The first-order valence-corrected chi connectivity index (χ1v) is 8.27. The number of rotatable bonds is 7. The first-order chi connectivity index (χ1) is 11.5. The Kier molecular flexibility index (Phi) is 6.54. The minimum atomic E-state index is -0.552. The third-order valence-electron chi connectivity index (χ3n) is 3.09. The van der Waals surface area contributed by atoms with Crippen molar-refractivity contribution in [3.8, 4) is 5.75 Å². The van der Waals surface area contributed by atoms with Crippen LogP contribution >= 0.6 is 15.9 Å². The van der Waals surface area contributed by atoms with Crippen LogP contribution in [0.3, 0.4) is 0 Å². The third kappa shape index (κ3) is 5.49. The Balaban J connectivity index is 1.92. The Morgan fingerprint density at radius 3 is 2.79 bits per heavy atom. The maximum Gasteiger partial charge on any atom is 0.340 e. The zero-order valence-corrected chi connectivity index (χ0v) is 15.0. The van der Waals surface area contributed by atoms with Gasteiger partial charge in [-0.3, -0.25) is 9.78 Å². The number of carbonyl (C=O) groups is 1. The minimum absolute atomic E-state index is 0.146. The molecule has 0 aromatic carbocycles. The topological polar surface area (TPSA) is 78.6 Å². The maximum absolute atomic E-state index is 11.9. The van der Waals surface area contributed by atoms with Crippen LogP contribution < -0.4 is 10.2 Å². The summed E-state index contributed by atoms with van der Waals surface area (Å²) in [5.41, 5.74) is 0.000498. The zero-order chi connectivity index (χ0) is 17.5. The van der Waals surface area contributed by atoms with Crippen LogP contribution in [-0.4, -0.2) is 17.6 Å². The molecule has 0 aliphatic carbocycles. The SMILES string of the molecule is CC(C)CCOc1coc(COC(=O)c2cncc(Br)c2)cc1=O. The van der Waals surface area contributed by atoms with Gasteiger partial charge in [0.2, 0.25) is 11.2 Å². The first-order valence-electron chi connectivity index (χ1n) is 7.48. The van der Waals surface area contributed by atoms with Gasteiger partial charge in [-0.2, -0.15) is 0 Å². The number of esters is 1. The molecule has 0 saturated heterocycles. The lowest BCUT2D eigenvalue weighted by atomic mass is 10.1. The summed E-state index contributed by atoms with van der Waals surface area (Å²) >= 11 is 3.23. The monoisotopic (exact) mass is 395 g/mol. The van der Waals surface area contributed by atoms with Crippen molar-refractivity contribution in [2.45, 2.75) is 26.9 Å². The molecule has 6 nitrogen and oxygen atoms in total. The van der Waals surface area contributed by atoms with Crippen LogP contribution in [0.5, 0.6) is 5.75 Å². The Morgan fingerprint density at radius 1 is 1.33 bits per heavy atom. The van der Waals surface area contributed by atoms with E-state index >= 15 is 0 Å². The van der Waals surface area contributed by atoms with Crippen molar-refractivity contribution >= 4 is 21.9 Å². The average molecular weight is 396 g/mol. The van der Waals surface area contributed by atoms with Gasteiger partial charge in [0.05, 0.1) is 12.2 Å². The summed E-state index contributed by atoms with van der Waals surface area (Å²) in [6.45, 7) is 4.45. The number of halogens is 1. The number of pyridine rings is 1. The molecule has 0 bridgehead atoms. The molecule has 0 atom stereocenters. The fraction of sp³-hybridized carbons (Fsp3) is 0.353. The molecule has 0 saturated carbocycles. The lowest BCUT2D eigenvalue weighted by Crippen LogP contribution is -2.11. The Labute approximate surface area is 147 Å². The van der Waals surface area contributed by atoms with Gasteiger partial charge in [0.1, 0.15) is 18.6 Å². The largest absolute Gasteiger partial charge is 0.487 e.